The molecule has 0 aliphatic carbocycles. The van der Waals surface area contributed by atoms with Gasteiger partial charge in [0.15, 0.2) is 0 Å². The topological polar surface area (TPSA) is 87.2 Å². The molecule has 0 spiro atoms. The number of aromatic nitrogens is 2. The van der Waals surface area contributed by atoms with Crippen LogP contribution in [0.3, 0.4) is 0 Å². The molecule has 118 valence electrons. The highest BCUT2D eigenvalue weighted by Gasteiger charge is 2.14. The summed E-state index contributed by atoms with van der Waals surface area (Å²) in [6, 6.07) is 9.57. The zero-order valence-electron chi connectivity index (χ0n) is 12.3. The summed E-state index contributed by atoms with van der Waals surface area (Å²) in [4.78, 5) is 18.5. The first-order valence-electron chi connectivity index (χ1n) is 6.85. The fraction of sp³-hybridized carbons (Fsp3) is 0.125. The summed E-state index contributed by atoms with van der Waals surface area (Å²) < 4.78 is 17.6. The lowest BCUT2D eigenvalue weighted by molar-refractivity contribution is 0.186. The van der Waals surface area contributed by atoms with Gasteiger partial charge in [-0.25, -0.2) is 14.2 Å². The summed E-state index contributed by atoms with van der Waals surface area (Å²) in [6.07, 6.45) is -0.645. The number of fused-ring (bicyclic) bond motifs is 1. The quantitative estimate of drug-likeness (QED) is 0.693. The van der Waals surface area contributed by atoms with Crippen LogP contribution in [-0.2, 0) is 11.3 Å². The lowest BCUT2D eigenvalue weighted by Gasteiger charge is -2.08. The highest BCUT2D eigenvalue weighted by molar-refractivity contribution is 5.90. The van der Waals surface area contributed by atoms with Gasteiger partial charge in [0, 0.05) is 5.56 Å². The Hall–Kier alpha value is -2.93. The SMILES string of the molecule is COC(=O)Nc1nc2c(CO)c(-c3ccc(F)cc3)ccc2[nH]1. The van der Waals surface area contributed by atoms with E-state index in [1.807, 2.05) is 0 Å². The molecular formula is C16H14FN3O3. The molecule has 3 N–H and O–H groups in total. The van der Waals surface area contributed by atoms with Crippen molar-refractivity contribution in [1.29, 1.82) is 0 Å². The Balaban J connectivity index is 2.10. The van der Waals surface area contributed by atoms with Crippen LogP contribution in [0.1, 0.15) is 5.56 Å². The molecule has 6 nitrogen and oxygen atoms in total. The second-order valence-electron chi connectivity index (χ2n) is 4.85. The number of hydrogen-bond acceptors (Lipinski definition) is 4. The van der Waals surface area contributed by atoms with Gasteiger partial charge in [-0.05, 0) is 29.3 Å². The van der Waals surface area contributed by atoms with E-state index in [4.69, 9.17) is 0 Å². The van der Waals surface area contributed by atoms with E-state index in [0.717, 1.165) is 11.1 Å². The summed E-state index contributed by atoms with van der Waals surface area (Å²) in [6.45, 7) is -0.243. The first-order valence-corrected chi connectivity index (χ1v) is 6.85. The second kappa shape index (κ2) is 6.05. The molecule has 3 aromatic rings. The van der Waals surface area contributed by atoms with Gasteiger partial charge >= 0.3 is 6.09 Å². The number of nitrogens with one attached hydrogen (secondary N) is 2. The van der Waals surface area contributed by atoms with Crippen LogP contribution >= 0.6 is 0 Å². The molecule has 0 aliphatic rings. The minimum absolute atomic E-state index is 0.220. The number of carbonyl (C=O) groups excluding carboxylic acids is 1. The number of nitrogens with zero attached hydrogens (tertiary/aromatic N) is 1. The molecular weight excluding hydrogens is 301 g/mol. The molecule has 2 aromatic carbocycles. The number of hydrogen-bond donors (Lipinski definition) is 3. The molecule has 0 unspecified atom stereocenters. The van der Waals surface area contributed by atoms with Gasteiger partial charge in [-0.2, -0.15) is 0 Å². The number of aliphatic hydroxyl groups excluding tert-OH is 1. The Kier molecular flexibility index (Phi) is 3.94. The number of anilines is 1. The van der Waals surface area contributed by atoms with E-state index in [0.29, 0.717) is 16.6 Å². The summed E-state index contributed by atoms with van der Waals surface area (Å²) in [5, 5.41) is 12.2. The van der Waals surface area contributed by atoms with Gasteiger partial charge in [-0.15, -0.1) is 0 Å². The monoisotopic (exact) mass is 315 g/mol. The Bertz CT molecular complexity index is 859. The maximum absolute atomic E-state index is 13.1. The van der Waals surface area contributed by atoms with Crippen molar-refractivity contribution in [3.63, 3.8) is 0 Å². The van der Waals surface area contributed by atoms with Gasteiger partial charge < -0.3 is 14.8 Å². The van der Waals surface area contributed by atoms with E-state index in [1.165, 1.54) is 19.2 Å². The number of aromatic amines is 1. The molecule has 1 aromatic heterocycles. The predicted molar refractivity (Wildman–Crippen MR) is 83.4 cm³/mol. The summed E-state index contributed by atoms with van der Waals surface area (Å²) >= 11 is 0. The third kappa shape index (κ3) is 2.86. The number of carbonyl (C=O) groups is 1. The fourth-order valence-corrected chi connectivity index (χ4v) is 2.40. The van der Waals surface area contributed by atoms with Crippen molar-refractivity contribution in [2.75, 3.05) is 12.4 Å². The van der Waals surface area contributed by atoms with Crippen molar-refractivity contribution < 1.29 is 19.0 Å². The van der Waals surface area contributed by atoms with Gasteiger partial charge in [0.25, 0.3) is 0 Å². The number of aliphatic hydroxyl groups is 1. The first kappa shape index (κ1) is 15.0. The summed E-state index contributed by atoms with van der Waals surface area (Å²) in [5.41, 5.74) is 3.29. The zero-order chi connectivity index (χ0) is 16.4. The Morgan fingerprint density at radius 3 is 2.70 bits per heavy atom. The van der Waals surface area contributed by atoms with Gasteiger partial charge in [-0.3, -0.25) is 5.32 Å². The number of methoxy groups -OCH3 is 1. The van der Waals surface area contributed by atoms with Gasteiger partial charge in [-0.1, -0.05) is 18.2 Å². The van der Waals surface area contributed by atoms with Crippen LogP contribution in [0.15, 0.2) is 36.4 Å². The van der Waals surface area contributed by atoms with E-state index in [-0.39, 0.29) is 18.4 Å². The van der Waals surface area contributed by atoms with Crippen LogP contribution in [0.25, 0.3) is 22.2 Å². The molecule has 0 bridgehead atoms. The van der Waals surface area contributed by atoms with E-state index in [1.54, 1.807) is 24.3 Å². The van der Waals surface area contributed by atoms with Gasteiger partial charge in [0.05, 0.1) is 24.8 Å². The minimum atomic E-state index is -0.645. The van der Waals surface area contributed by atoms with Gasteiger partial charge in [0.1, 0.15) is 5.82 Å². The number of H-pyrrole nitrogens is 1. The van der Waals surface area contributed by atoms with Crippen molar-refractivity contribution in [1.82, 2.24) is 9.97 Å². The Labute approximate surface area is 130 Å². The normalized spacial score (nSPS) is 10.7. The second-order valence-corrected chi connectivity index (χ2v) is 4.85. The van der Waals surface area contributed by atoms with E-state index >= 15 is 0 Å². The average molecular weight is 315 g/mol. The largest absolute Gasteiger partial charge is 0.453 e. The number of rotatable bonds is 3. The van der Waals surface area contributed by atoms with Crippen LogP contribution in [0.4, 0.5) is 15.1 Å². The third-order valence-corrected chi connectivity index (χ3v) is 3.48. The maximum Gasteiger partial charge on any atom is 0.413 e. The third-order valence-electron chi connectivity index (χ3n) is 3.48. The summed E-state index contributed by atoms with van der Waals surface area (Å²) in [7, 11) is 1.25. The van der Waals surface area contributed by atoms with Crippen LogP contribution in [0.5, 0.6) is 0 Å². The predicted octanol–water partition coefficient (Wildman–Crippen LogP) is 3.04. The first-order chi connectivity index (χ1) is 11.1. The molecule has 1 heterocycles. The molecule has 0 saturated carbocycles. The molecule has 0 saturated heterocycles. The van der Waals surface area contributed by atoms with Crippen LogP contribution in [0.2, 0.25) is 0 Å². The number of halogens is 1. The maximum atomic E-state index is 13.1. The van der Waals surface area contributed by atoms with E-state index in [9.17, 15) is 14.3 Å². The minimum Gasteiger partial charge on any atom is -0.453 e. The van der Waals surface area contributed by atoms with Crippen molar-refractivity contribution in [2.45, 2.75) is 6.61 Å². The van der Waals surface area contributed by atoms with Crippen molar-refractivity contribution in [3.8, 4) is 11.1 Å². The standard InChI is InChI=1S/C16H14FN3O3/c1-23-16(22)20-15-18-13-7-6-11(12(8-21)14(13)19-15)9-2-4-10(17)5-3-9/h2-7,21H,8H2,1H3,(H2,18,19,20,22). The lowest BCUT2D eigenvalue weighted by Crippen LogP contribution is -2.11. The van der Waals surface area contributed by atoms with E-state index in [2.05, 4.69) is 20.0 Å². The van der Waals surface area contributed by atoms with Crippen molar-refractivity contribution in [3.05, 3.63) is 47.8 Å². The van der Waals surface area contributed by atoms with Crippen LogP contribution < -0.4 is 5.32 Å². The van der Waals surface area contributed by atoms with Crippen molar-refractivity contribution >= 4 is 23.1 Å². The van der Waals surface area contributed by atoms with E-state index < -0.39 is 6.09 Å². The van der Waals surface area contributed by atoms with Crippen LogP contribution in [0, 0.1) is 5.82 Å². The molecule has 23 heavy (non-hydrogen) atoms. The number of benzene rings is 2. The average Bonchev–Trinajstić information content (AvgIpc) is 2.96. The highest BCUT2D eigenvalue weighted by atomic mass is 19.1. The van der Waals surface area contributed by atoms with Crippen LogP contribution in [-0.4, -0.2) is 28.3 Å². The molecule has 0 radical (unpaired) electrons. The Morgan fingerprint density at radius 1 is 1.30 bits per heavy atom. The van der Waals surface area contributed by atoms with Gasteiger partial charge in [0.2, 0.25) is 5.95 Å². The summed E-state index contributed by atoms with van der Waals surface area (Å²) in [5.74, 6) is -0.109. The highest BCUT2D eigenvalue weighted by Crippen LogP contribution is 2.30. The number of amides is 1. The van der Waals surface area contributed by atoms with Crippen molar-refractivity contribution in [2.24, 2.45) is 0 Å². The lowest BCUT2D eigenvalue weighted by atomic mass is 9.99. The molecule has 0 aliphatic heterocycles. The zero-order valence-corrected chi connectivity index (χ0v) is 12.3. The molecule has 1 amide bonds. The number of imidazole rings is 1. The smallest absolute Gasteiger partial charge is 0.413 e. The fourth-order valence-electron chi connectivity index (χ4n) is 2.40. The molecule has 3 rings (SSSR count). The molecule has 7 heteroatoms. The molecule has 0 atom stereocenters. The molecule has 0 fully saturated rings. The number of ether oxygens (including phenoxy) is 1. The Morgan fingerprint density at radius 2 is 2.04 bits per heavy atom.